The minimum absolute atomic E-state index is 0.679. The van der Waals surface area contributed by atoms with Crippen LogP contribution in [0.25, 0.3) is 5.57 Å². The van der Waals surface area contributed by atoms with E-state index in [0.29, 0.717) is 6.61 Å². The van der Waals surface area contributed by atoms with E-state index in [4.69, 9.17) is 9.47 Å². The van der Waals surface area contributed by atoms with Gasteiger partial charge in [0.15, 0.2) is 0 Å². The molecule has 0 saturated heterocycles. The van der Waals surface area contributed by atoms with E-state index in [1.807, 2.05) is 31.2 Å². The summed E-state index contributed by atoms with van der Waals surface area (Å²) in [7, 11) is 1.70. The summed E-state index contributed by atoms with van der Waals surface area (Å²) in [4.78, 5) is 0. The topological polar surface area (TPSA) is 18.5 Å². The van der Waals surface area contributed by atoms with Crippen LogP contribution < -0.4 is 4.74 Å². The largest absolute Gasteiger partial charge is 0.493 e. The van der Waals surface area contributed by atoms with Crippen LogP contribution in [0.1, 0.15) is 18.9 Å². The van der Waals surface area contributed by atoms with Gasteiger partial charge >= 0.3 is 0 Å². The van der Waals surface area contributed by atoms with Gasteiger partial charge in [0, 0.05) is 25.7 Å². The highest BCUT2D eigenvalue weighted by Gasteiger charge is 2.02. The van der Waals surface area contributed by atoms with E-state index in [9.17, 15) is 0 Å². The molecule has 0 spiro atoms. The van der Waals surface area contributed by atoms with Crippen molar-refractivity contribution >= 4 is 5.57 Å². The molecule has 0 aliphatic rings. The normalized spacial score (nSPS) is 10.0. The minimum atomic E-state index is 0.679. The third kappa shape index (κ3) is 3.76. The molecule has 0 atom stereocenters. The van der Waals surface area contributed by atoms with E-state index in [0.717, 1.165) is 29.9 Å². The van der Waals surface area contributed by atoms with Gasteiger partial charge in [0.2, 0.25) is 0 Å². The first kappa shape index (κ1) is 11.8. The Hall–Kier alpha value is -1.28. The maximum absolute atomic E-state index is 5.66. The summed E-state index contributed by atoms with van der Waals surface area (Å²) in [5, 5.41) is 0. The zero-order valence-corrected chi connectivity index (χ0v) is 9.45. The second kappa shape index (κ2) is 6.25. The van der Waals surface area contributed by atoms with Crippen LogP contribution in [-0.2, 0) is 4.74 Å². The summed E-state index contributed by atoms with van der Waals surface area (Å²) in [6, 6.07) is 7.95. The lowest BCUT2D eigenvalue weighted by atomic mass is 10.1. The fraction of sp³-hybridized carbons (Fsp3) is 0.385. The van der Waals surface area contributed by atoms with Crippen molar-refractivity contribution < 1.29 is 9.47 Å². The molecule has 0 N–H and O–H groups in total. The highest BCUT2D eigenvalue weighted by atomic mass is 16.5. The predicted molar refractivity (Wildman–Crippen MR) is 63.1 cm³/mol. The van der Waals surface area contributed by atoms with Crippen LogP contribution in [0.3, 0.4) is 0 Å². The molecule has 1 rings (SSSR count). The maximum Gasteiger partial charge on any atom is 0.126 e. The van der Waals surface area contributed by atoms with Crippen molar-refractivity contribution in [3.63, 3.8) is 0 Å². The van der Waals surface area contributed by atoms with Crippen LogP contribution in [0.5, 0.6) is 5.75 Å². The first-order valence-corrected chi connectivity index (χ1v) is 5.12. The fourth-order valence-electron chi connectivity index (χ4n) is 1.33. The van der Waals surface area contributed by atoms with Gasteiger partial charge in [-0.15, -0.1) is 0 Å². The molecule has 82 valence electrons. The van der Waals surface area contributed by atoms with Crippen LogP contribution in [0, 0.1) is 0 Å². The molecule has 2 nitrogen and oxygen atoms in total. The molecule has 0 bridgehead atoms. The number of benzene rings is 1. The average Bonchev–Trinajstić information content (AvgIpc) is 2.25. The zero-order chi connectivity index (χ0) is 11.1. The molecule has 0 amide bonds. The fourth-order valence-corrected chi connectivity index (χ4v) is 1.33. The van der Waals surface area contributed by atoms with Crippen molar-refractivity contribution in [1.29, 1.82) is 0 Å². The van der Waals surface area contributed by atoms with Gasteiger partial charge in [-0.25, -0.2) is 0 Å². The Kier molecular flexibility index (Phi) is 4.91. The maximum atomic E-state index is 5.66. The quantitative estimate of drug-likeness (QED) is 0.666. The molecule has 0 unspecified atom stereocenters. The SMILES string of the molecule is C=C(C)c1ccccc1OCCCOC. The van der Waals surface area contributed by atoms with E-state index in [1.54, 1.807) is 7.11 Å². The Labute approximate surface area is 91.5 Å². The lowest BCUT2D eigenvalue weighted by Crippen LogP contribution is -2.02. The number of hydrogen-bond donors (Lipinski definition) is 0. The Balaban J connectivity index is 2.56. The average molecular weight is 206 g/mol. The van der Waals surface area contributed by atoms with Crippen LogP contribution in [-0.4, -0.2) is 20.3 Å². The predicted octanol–water partition coefficient (Wildman–Crippen LogP) is 3.14. The van der Waals surface area contributed by atoms with E-state index in [1.165, 1.54) is 0 Å². The number of ether oxygens (including phenoxy) is 2. The highest BCUT2D eigenvalue weighted by molar-refractivity contribution is 5.66. The Morgan fingerprint density at radius 2 is 2.00 bits per heavy atom. The molecule has 0 aromatic heterocycles. The lowest BCUT2D eigenvalue weighted by Gasteiger charge is -2.10. The van der Waals surface area contributed by atoms with Gasteiger partial charge in [-0.05, 0) is 18.6 Å². The van der Waals surface area contributed by atoms with Crippen molar-refractivity contribution in [2.24, 2.45) is 0 Å². The summed E-state index contributed by atoms with van der Waals surface area (Å²) < 4.78 is 10.6. The first-order chi connectivity index (χ1) is 7.25. The number of para-hydroxylation sites is 1. The van der Waals surface area contributed by atoms with Gasteiger partial charge in [-0.1, -0.05) is 24.8 Å². The third-order valence-electron chi connectivity index (χ3n) is 2.10. The van der Waals surface area contributed by atoms with Crippen molar-refractivity contribution in [3.8, 4) is 5.75 Å². The smallest absolute Gasteiger partial charge is 0.126 e. The molecule has 0 aliphatic heterocycles. The molecule has 0 saturated carbocycles. The van der Waals surface area contributed by atoms with E-state index >= 15 is 0 Å². The monoisotopic (exact) mass is 206 g/mol. The number of rotatable bonds is 6. The molecule has 1 aromatic carbocycles. The molecule has 0 heterocycles. The number of methoxy groups -OCH3 is 1. The molecule has 1 aromatic rings. The van der Waals surface area contributed by atoms with Crippen LogP contribution >= 0.6 is 0 Å². The molecule has 2 heteroatoms. The van der Waals surface area contributed by atoms with Crippen molar-refractivity contribution in [1.82, 2.24) is 0 Å². The van der Waals surface area contributed by atoms with Crippen molar-refractivity contribution in [3.05, 3.63) is 36.4 Å². The Morgan fingerprint density at radius 1 is 1.27 bits per heavy atom. The van der Waals surface area contributed by atoms with E-state index in [2.05, 4.69) is 6.58 Å². The number of allylic oxidation sites excluding steroid dienone is 1. The molecule has 15 heavy (non-hydrogen) atoms. The summed E-state index contributed by atoms with van der Waals surface area (Å²) in [5.41, 5.74) is 2.10. The van der Waals surface area contributed by atoms with Gasteiger partial charge in [-0.3, -0.25) is 0 Å². The van der Waals surface area contributed by atoms with Gasteiger partial charge < -0.3 is 9.47 Å². The van der Waals surface area contributed by atoms with E-state index in [-0.39, 0.29) is 0 Å². The molecule has 0 aliphatic carbocycles. The summed E-state index contributed by atoms with van der Waals surface area (Å²) in [6.45, 7) is 7.32. The van der Waals surface area contributed by atoms with Gasteiger partial charge in [0.05, 0.1) is 6.61 Å². The minimum Gasteiger partial charge on any atom is -0.493 e. The summed E-state index contributed by atoms with van der Waals surface area (Å²) in [5.74, 6) is 0.904. The summed E-state index contributed by atoms with van der Waals surface area (Å²) >= 11 is 0. The molecular weight excluding hydrogens is 188 g/mol. The third-order valence-corrected chi connectivity index (χ3v) is 2.10. The van der Waals surface area contributed by atoms with E-state index < -0.39 is 0 Å². The van der Waals surface area contributed by atoms with Crippen LogP contribution in [0.15, 0.2) is 30.8 Å². The van der Waals surface area contributed by atoms with Crippen molar-refractivity contribution in [2.45, 2.75) is 13.3 Å². The van der Waals surface area contributed by atoms with Crippen LogP contribution in [0.2, 0.25) is 0 Å². The van der Waals surface area contributed by atoms with Crippen molar-refractivity contribution in [2.75, 3.05) is 20.3 Å². The van der Waals surface area contributed by atoms with Gasteiger partial charge in [0.1, 0.15) is 5.75 Å². The second-order valence-electron chi connectivity index (χ2n) is 3.47. The lowest BCUT2D eigenvalue weighted by molar-refractivity contribution is 0.172. The second-order valence-corrected chi connectivity index (χ2v) is 3.47. The Bertz CT molecular complexity index is 318. The first-order valence-electron chi connectivity index (χ1n) is 5.12. The number of hydrogen-bond acceptors (Lipinski definition) is 2. The standard InChI is InChI=1S/C13H18O2/c1-11(2)12-7-4-5-8-13(12)15-10-6-9-14-3/h4-5,7-8H,1,6,9-10H2,2-3H3. The summed E-state index contributed by atoms with van der Waals surface area (Å²) in [6.07, 6.45) is 0.904. The highest BCUT2D eigenvalue weighted by Crippen LogP contribution is 2.24. The van der Waals surface area contributed by atoms with Gasteiger partial charge in [-0.2, -0.15) is 0 Å². The van der Waals surface area contributed by atoms with Crippen LogP contribution in [0.4, 0.5) is 0 Å². The molecular formula is C13H18O2. The Morgan fingerprint density at radius 3 is 2.67 bits per heavy atom. The van der Waals surface area contributed by atoms with Gasteiger partial charge in [0.25, 0.3) is 0 Å². The zero-order valence-electron chi connectivity index (χ0n) is 9.45. The molecule has 0 fully saturated rings. The molecule has 0 radical (unpaired) electrons.